The van der Waals surface area contributed by atoms with E-state index in [-0.39, 0.29) is 24.7 Å². The summed E-state index contributed by atoms with van der Waals surface area (Å²) in [6.07, 6.45) is 3.30. The molecule has 3 aliphatic heterocycles. The van der Waals surface area contributed by atoms with Gasteiger partial charge in [-0.25, -0.2) is 19.7 Å². The summed E-state index contributed by atoms with van der Waals surface area (Å²) in [5.74, 6) is 1.39. The molecule has 13 nitrogen and oxygen atoms in total. The maximum atomic E-state index is 12.5. The summed E-state index contributed by atoms with van der Waals surface area (Å²) in [5, 5.41) is 6.01. The number of ether oxygens (including phenoxy) is 3. The summed E-state index contributed by atoms with van der Waals surface area (Å²) in [7, 11) is 2.05. The van der Waals surface area contributed by atoms with Gasteiger partial charge in [0.1, 0.15) is 23.7 Å². The van der Waals surface area contributed by atoms with Crippen LogP contribution in [0.4, 0.5) is 16.4 Å². The van der Waals surface area contributed by atoms with E-state index in [1.807, 2.05) is 25.2 Å². The monoisotopic (exact) mass is 532 g/mol. The first-order valence-electron chi connectivity index (χ1n) is 12.8. The van der Waals surface area contributed by atoms with Gasteiger partial charge in [-0.15, -0.1) is 0 Å². The molecule has 0 aromatic carbocycles. The molecule has 13 heteroatoms. The van der Waals surface area contributed by atoms with Gasteiger partial charge in [0.2, 0.25) is 5.88 Å². The SMILES string of the molecule is CN1CC(Oc2cncc(-c3cccc(CNCCC4CN(c5ccc6c(n5)NC(=O)CO6)C(=O)O4)n3)n2)C1. The molecule has 3 aliphatic rings. The highest BCUT2D eigenvalue weighted by atomic mass is 16.6. The Morgan fingerprint density at radius 2 is 1.97 bits per heavy atom. The first kappa shape index (κ1) is 24.9. The molecule has 202 valence electrons. The molecule has 6 rings (SSSR count). The van der Waals surface area contributed by atoms with Gasteiger partial charge < -0.3 is 24.8 Å². The summed E-state index contributed by atoms with van der Waals surface area (Å²) >= 11 is 0. The Balaban J connectivity index is 0.996. The molecule has 1 unspecified atom stereocenters. The fraction of sp³-hybridized carbons (Fsp3) is 0.385. The number of pyridine rings is 2. The van der Waals surface area contributed by atoms with E-state index in [1.54, 1.807) is 24.5 Å². The average molecular weight is 533 g/mol. The first-order valence-corrected chi connectivity index (χ1v) is 12.8. The normalized spacial score (nSPS) is 19.1. The molecule has 2 N–H and O–H groups in total. The number of likely N-dealkylation sites (tertiary alicyclic amines) is 1. The standard InChI is InChI=1S/C26H28N8O5/c1-33-12-18(13-33)38-24-11-28-10-20(30-24)19-4-2-3-16(29-19)9-27-8-7-17-14-34(26(36)39-17)22-6-5-21-25(31-22)32-23(35)15-37-21/h2-6,10-11,17-18,27H,7-9,12-15H2,1H3,(H,31,32,35). The molecule has 3 aromatic rings. The number of hydrogen-bond donors (Lipinski definition) is 2. The fourth-order valence-electron chi connectivity index (χ4n) is 4.58. The molecule has 6 heterocycles. The number of anilines is 2. The van der Waals surface area contributed by atoms with E-state index in [1.165, 1.54) is 4.90 Å². The Hall–Kier alpha value is -4.36. The molecule has 2 fully saturated rings. The Bertz CT molecular complexity index is 1380. The van der Waals surface area contributed by atoms with Crippen LogP contribution in [-0.4, -0.2) is 88.9 Å². The predicted octanol–water partition coefficient (Wildman–Crippen LogP) is 1.46. The first-order chi connectivity index (χ1) is 19.0. The van der Waals surface area contributed by atoms with Gasteiger partial charge in [-0.2, -0.15) is 0 Å². The number of nitrogens with zero attached hydrogens (tertiary/aromatic N) is 6. The molecular weight excluding hydrogens is 504 g/mol. The lowest BCUT2D eigenvalue weighted by atomic mass is 10.2. The number of cyclic esters (lactones) is 1. The number of aromatic nitrogens is 4. The third-order valence-corrected chi connectivity index (χ3v) is 6.56. The van der Waals surface area contributed by atoms with Crippen molar-refractivity contribution in [1.29, 1.82) is 0 Å². The maximum Gasteiger partial charge on any atom is 0.415 e. The molecule has 0 spiro atoms. The maximum absolute atomic E-state index is 12.5. The van der Waals surface area contributed by atoms with Crippen LogP contribution in [-0.2, 0) is 16.1 Å². The number of nitrogens with one attached hydrogen (secondary N) is 2. The third kappa shape index (κ3) is 5.73. The van der Waals surface area contributed by atoms with Crippen LogP contribution in [0.3, 0.4) is 0 Å². The molecule has 3 aromatic heterocycles. The van der Waals surface area contributed by atoms with Crippen LogP contribution in [0.1, 0.15) is 12.1 Å². The molecule has 2 amide bonds. The number of likely N-dealkylation sites (N-methyl/N-ethyl adjacent to an activating group) is 1. The molecule has 2 saturated heterocycles. The highest BCUT2D eigenvalue weighted by Gasteiger charge is 2.33. The fourth-order valence-corrected chi connectivity index (χ4v) is 4.58. The van der Waals surface area contributed by atoms with Crippen molar-refractivity contribution in [2.45, 2.75) is 25.2 Å². The smallest absolute Gasteiger partial charge is 0.415 e. The van der Waals surface area contributed by atoms with Crippen molar-refractivity contribution in [2.24, 2.45) is 0 Å². The predicted molar refractivity (Wildman–Crippen MR) is 139 cm³/mol. The van der Waals surface area contributed by atoms with Gasteiger partial charge >= 0.3 is 6.09 Å². The minimum Gasteiger partial charge on any atom is -0.480 e. The molecular formula is C26H28N8O5. The van der Waals surface area contributed by atoms with Crippen molar-refractivity contribution in [2.75, 3.05) is 50.1 Å². The second-order valence-electron chi connectivity index (χ2n) is 9.65. The molecule has 1 atom stereocenters. The average Bonchev–Trinajstić information content (AvgIpc) is 3.30. The van der Waals surface area contributed by atoms with E-state index in [4.69, 9.17) is 19.2 Å². The van der Waals surface area contributed by atoms with Gasteiger partial charge in [-0.1, -0.05) is 6.07 Å². The van der Waals surface area contributed by atoms with Gasteiger partial charge in [0, 0.05) is 19.6 Å². The van der Waals surface area contributed by atoms with Crippen molar-refractivity contribution in [3.05, 3.63) is 48.4 Å². The van der Waals surface area contributed by atoms with Gasteiger partial charge in [-0.05, 0) is 44.3 Å². The van der Waals surface area contributed by atoms with E-state index in [0.717, 1.165) is 24.5 Å². The Morgan fingerprint density at radius 3 is 2.85 bits per heavy atom. The summed E-state index contributed by atoms with van der Waals surface area (Å²) < 4.78 is 16.7. The minimum atomic E-state index is -0.471. The second-order valence-corrected chi connectivity index (χ2v) is 9.65. The lowest BCUT2D eigenvalue weighted by Gasteiger charge is -2.35. The summed E-state index contributed by atoms with van der Waals surface area (Å²) in [6, 6.07) is 9.13. The number of fused-ring (bicyclic) bond motifs is 1. The third-order valence-electron chi connectivity index (χ3n) is 6.56. The molecule has 0 radical (unpaired) electrons. The van der Waals surface area contributed by atoms with E-state index >= 15 is 0 Å². The quantitative estimate of drug-likeness (QED) is 0.387. The van der Waals surface area contributed by atoms with Crippen molar-refractivity contribution >= 4 is 23.6 Å². The zero-order valence-corrected chi connectivity index (χ0v) is 21.4. The molecule has 0 saturated carbocycles. The highest BCUT2D eigenvalue weighted by molar-refractivity contribution is 5.95. The Kier molecular flexibility index (Phi) is 6.90. The van der Waals surface area contributed by atoms with Gasteiger partial charge in [0.05, 0.1) is 30.3 Å². The van der Waals surface area contributed by atoms with E-state index in [0.29, 0.717) is 55.0 Å². The van der Waals surface area contributed by atoms with Crippen LogP contribution < -0.4 is 25.0 Å². The van der Waals surface area contributed by atoms with Crippen molar-refractivity contribution < 1.29 is 23.8 Å². The van der Waals surface area contributed by atoms with Crippen LogP contribution in [0, 0.1) is 0 Å². The van der Waals surface area contributed by atoms with E-state index < -0.39 is 6.09 Å². The minimum absolute atomic E-state index is 0.0521. The zero-order chi connectivity index (χ0) is 26.8. The Labute approximate surface area is 224 Å². The summed E-state index contributed by atoms with van der Waals surface area (Å²) in [6.45, 7) is 3.24. The summed E-state index contributed by atoms with van der Waals surface area (Å²) in [5.41, 5.74) is 2.23. The number of carbonyl (C=O) groups excluding carboxylic acids is 2. The number of hydrogen-bond acceptors (Lipinski definition) is 11. The zero-order valence-electron chi connectivity index (χ0n) is 21.4. The largest absolute Gasteiger partial charge is 0.480 e. The second kappa shape index (κ2) is 10.8. The highest BCUT2D eigenvalue weighted by Crippen LogP contribution is 2.30. The van der Waals surface area contributed by atoms with Crippen LogP contribution in [0.25, 0.3) is 11.4 Å². The van der Waals surface area contributed by atoms with E-state index in [9.17, 15) is 9.59 Å². The van der Waals surface area contributed by atoms with Gasteiger partial charge in [0.15, 0.2) is 18.2 Å². The number of rotatable bonds is 9. The lowest BCUT2D eigenvalue weighted by molar-refractivity contribution is -0.118. The van der Waals surface area contributed by atoms with Crippen molar-refractivity contribution in [3.63, 3.8) is 0 Å². The molecule has 39 heavy (non-hydrogen) atoms. The number of amides is 2. The van der Waals surface area contributed by atoms with Gasteiger partial charge in [0.25, 0.3) is 5.91 Å². The van der Waals surface area contributed by atoms with Crippen LogP contribution >= 0.6 is 0 Å². The van der Waals surface area contributed by atoms with E-state index in [2.05, 4.69) is 30.5 Å². The van der Waals surface area contributed by atoms with Crippen molar-refractivity contribution in [1.82, 2.24) is 30.2 Å². The van der Waals surface area contributed by atoms with Crippen LogP contribution in [0.5, 0.6) is 11.6 Å². The van der Waals surface area contributed by atoms with Gasteiger partial charge in [-0.3, -0.25) is 19.6 Å². The summed E-state index contributed by atoms with van der Waals surface area (Å²) in [4.78, 5) is 45.6. The Morgan fingerprint density at radius 1 is 1.08 bits per heavy atom. The molecule has 0 aliphatic carbocycles. The van der Waals surface area contributed by atoms with Crippen molar-refractivity contribution in [3.8, 4) is 23.0 Å². The van der Waals surface area contributed by atoms with Crippen LogP contribution in [0.15, 0.2) is 42.7 Å². The topological polar surface area (TPSA) is 144 Å². The molecule has 0 bridgehead atoms. The lowest BCUT2D eigenvalue weighted by Crippen LogP contribution is -2.51. The van der Waals surface area contributed by atoms with Crippen LogP contribution in [0.2, 0.25) is 0 Å². The number of carbonyl (C=O) groups is 2.